The maximum Gasteiger partial charge on any atom is 0.253 e. The van der Waals surface area contributed by atoms with E-state index < -0.39 is 5.82 Å². The van der Waals surface area contributed by atoms with Gasteiger partial charge in [0.2, 0.25) is 5.89 Å². The minimum Gasteiger partial charge on any atom is -0.480 e. The Balaban J connectivity index is 2.11. The molecule has 0 bridgehead atoms. The summed E-state index contributed by atoms with van der Waals surface area (Å²) in [5.74, 6) is 0.643. The summed E-state index contributed by atoms with van der Waals surface area (Å²) in [6, 6.07) is 4.72. The van der Waals surface area contributed by atoms with Crippen molar-refractivity contribution >= 4 is 0 Å². The number of aryl methyl sites for hydroxylation is 1. The maximum atomic E-state index is 13.8. The normalized spacial score (nSPS) is 12.4. The van der Waals surface area contributed by atoms with Crippen LogP contribution in [0.3, 0.4) is 0 Å². The first-order valence-electron chi connectivity index (χ1n) is 6.57. The number of para-hydroxylation sites is 1. The Morgan fingerprint density at radius 1 is 1.35 bits per heavy atom. The Morgan fingerprint density at radius 2 is 2.10 bits per heavy atom. The summed E-state index contributed by atoms with van der Waals surface area (Å²) in [5.41, 5.74) is 6.48. The van der Waals surface area contributed by atoms with E-state index in [1.807, 2.05) is 13.8 Å². The van der Waals surface area contributed by atoms with Crippen LogP contribution in [-0.4, -0.2) is 16.2 Å². The molecule has 6 heteroatoms. The van der Waals surface area contributed by atoms with Crippen LogP contribution in [0.4, 0.5) is 4.39 Å². The smallest absolute Gasteiger partial charge is 0.253 e. The molecule has 0 aliphatic carbocycles. The molecule has 0 aliphatic heterocycles. The number of halogens is 1. The van der Waals surface area contributed by atoms with E-state index in [2.05, 4.69) is 10.2 Å². The fourth-order valence-electron chi connectivity index (χ4n) is 1.85. The van der Waals surface area contributed by atoms with Gasteiger partial charge in [-0.05, 0) is 25.0 Å². The maximum absolute atomic E-state index is 13.8. The van der Waals surface area contributed by atoms with Crippen molar-refractivity contribution < 1.29 is 13.5 Å². The predicted octanol–water partition coefficient (Wildman–Crippen LogP) is 2.24. The molecule has 5 nitrogen and oxygen atoms in total. The van der Waals surface area contributed by atoms with Crippen molar-refractivity contribution in [2.24, 2.45) is 5.73 Å². The molecular formula is C14H18FN3O2. The van der Waals surface area contributed by atoms with Gasteiger partial charge in [0.15, 0.2) is 18.2 Å². The number of hydrogen-bond acceptors (Lipinski definition) is 5. The van der Waals surface area contributed by atoms with Gasteiger partial charge in [-0.3, -0.25) is 0 Å². The molecule has 1 atom stereocenters. The van der Waals surface area contributed by atoms with Gasteiger partial charge in [0, 0.05) is 12.5 Å². The zero-order valence-corrected chi connectivity index (χ0v) is 11.6. The molecule has 108 valence electrons. The third-order valence-electron chi connectivity index (χ3n) is 2.74. The van der Waals surface area contributed by atoms with E-state index in [-0.39, 0.29) is 18.4 Å². The molecule has 0 radical (unpaired) electrons. The molecule has 2 N–H and O–H groups in total. The van der Waals surface area contributed by atoms with Crippen LogP contribution >= 0.6 is 0 Å². The molecule has 1 heterocycles. The van der Waals surface area contributed by atoms with E-state index in [9.17, 15) is 4.39 Å². The van der Waals surface area contributed by atoms with Crippen molar-refractivity contribution in [1.29, 1.82) is 0 Å². The molecule has 0 fully saturated rings. The van der Waals surface area contributed by atoms with E-state index in [1.165, 1.54) is 6.07 Å². The van der Waals surface area contributed by atoms with Gasteiger partial charge in [-0.15, -0.1) is 10.2 Å². The van der Waals surface area contributed by atoms with Crippen molar-refractivity contribution in [3.63, 3.8) is 0 Å². The average Bonchev–Trinajstić information content (AvgIpc) is 2.85. The lowest BCUT2D eigenvalue weighted by Gasteiger charge is -2.12. The highest BCUT2D eigenvalue weighted by atomic mass is 19.1. The number of benzene rings is 1. The highest BCUT2D eigenvalue weighted by Gasteiger charge is 2.13. The highest BCUT2D eigenvalue weighted by molar-refractivity contribution is 5.35. The Labute approximate surface area is 116 Å². The molecule has 1 aromatic carbocycles. The molecule has 0 saturated carbocycles. The van der Waals surface area contributed by atoms with Crippen LogP contribution in [-0.2, 0) is 19.4 Å². The van der Waals surface area contributed by atoms with Gasteiger partial charge in [0.25, 0.3) is 5.89 Å². The molecule has 0 amide bonds. The SMILES string of the molecule is CCc1nnc(COc2c(F)cccc2CC(C)N)o1. The van der Waals surface area contributed by atoms with E-state index in [0.29, 0.717) is 24.6 Å². The summed E-state index contributed by atoms with van der Waals surface area (Å²) in [5, 5.41) is 7.66. The third kappa shape index (κ3) is 3.54. The molecule has 0 saturated heterocycles. The Bertz CT molecular complexity index is 569. The number of nitrogens with zero attached hydrogens (tertiary/aromatic N) is 2. The van der Waals surface area contributed by atoms with Crippen molar-refractivity contribution in [1.82, 2.24) is 10.2 Å². The van der Waals surface area contributed by atoms with Gasteiger partial charge >= 0.3 is 0 Å². The van der Waals surface area contributed by atoms with Gasteiger partial charge in [-0.25, -0.2) is 4.39 Å². The van der Waals surface area contributed by atoms with Gasteiger partial charge in [0.1, 0.15) is 0 Å². The van der Waals surface area contributed by atoms with E-state index in [0.717, 1.165) is 5.56 Å². The van der Waals surface area contributed by atoms with Crippen LogP contribution in [0.1, 0.15) is 31.2 Å². The first-order chi connectivity index (χ1) is 9.60. The minimum atomic E-state index is -0.418. The summed E-state index contributed by atoms with van der Waals surface area (Å²) in [6.45, 7) is 3.82. The number of hydrogen-bond donors (Lipinski definition) is 1. The fraction of sp³-hybridized carbons (Fsp3) is 0.429. The van der Waals surface area contributed by atoms with Crippen molar-refractivity contribution in [2.75, 3.05) is 0 Å². The Morgan fingerprint density at radius 3 is 2.75 bits per heavy atom. The van der Waals surface area contributed by atoms with Gasteiger partial charge < -0.3 is 14.9 Å². The second-order valence-electron chi connectivity index (χ2n) is 4.64. The predicted molar refractivity (Wildman–Crippen MR) is 71.8 cm³/mol. The lowest BCUT2D eigenvalue weighted by molar-refractivity contribution is 0.246. The second-order valence-corrected chi connectivity index (χ2v) is 4.64. The van der Waals surface area contributed by atoms with Crippen molar-refractivity contribution in [2.45, 2.75) is 39.3 Å². The first-order valence-corrected chi connectivity index (χ1v) is 6.57. The zero-order chi connectivity index (χ0) is 14.5. The second kappa shape index (κ2) is 6.47. The number of nitrogens with two attached hydrogens (primary N) is 1. The van der Waals surface area contributed by atoms with Gasteiger partial charge in [0.05, 0.1) is 0 Å². The topological polar surface area (TPSA) is 74.2 Å². The highest BCUT2D eigenvalue weighted by Crippen LogP contribution is 2.24. The molecule has 0 spiro atoms. The largest absolute Gasteiger partial charge is 0.480 e. The van der Waals surface area contributed by atoms with Crippen LogP contribution in [0.5, 0.6) is 5.75 Å². The number of ether oxygens (including phenoxy) is 1. The van der Waals surface area contributed by atoms with Crippen LogP contribution in [0.15, 0.2) is 22.6 Å². The Hall–Kier alpha value is -1.95. The van der Waals surface area contributed by atoms with E-state index in [4.69, 9.17) is 14.9 Å². The van der Waals surface area contributed by atoms with Crippen LogP contribution in [0.25, 0.3) is 0 Å². The van der Waals surface area contributed by atoms with Crippen LogP contribution in [0, 0.1) is 5.82 Å². The minimum absolute atomic E-state index is 0.0416. The zero-order valence-electron chi connectivity index (χ0n) is 11.6. The summed E-state index contributed by atoms with van der Waals surface area (Å²) in [6.07, 6.45) is 1.19. The standard InChI is InChI=1S/C14H18FN3O2/c1-3-12-17-18-13(20-12)8-19-14-10(7-9(2)16)5-4-6-11(14)15/h4-6,9H,3,7-8,16H2,1-2H3. The van der Waals surface area contributed by atoms with Gasteiger partial charge in [-0.2, -0.15) is 0 Å². The van der Waals surface area contributed by atoms with Crippen LogP contribution < -0.4 is 10.5 Å². The summed E-state index contributed by atoms with van der Waals surface area (Å²) >= 11 is 0. The average molecular weight is 279 g/mol. The summed E-state index contributed by atoms with van der Waals surface area (Å²) in [4.78, 5) is 0. The quantitative estimate of drug-likeness (QED) is 0.877. The van der Waals surface area contributed by atoms with Crippen LogP contribution in [0.2, 0.25) is 0 Å². The fourth-order valence-corrected chi connectivity index (χ4v) is 1.85. The monoisotopic (exact) mass is 279 g/mol. The summed E-state index contributed by atoms with van der Waals surface area (Å²) in [7, 11) is 0. The molecule has 0 aliphatic rings. The lowest BCUT2D eigenvalue weighted by atomic mass is 10.1. The molecule has 1 unspecified atom stereocenters. The lowest BCUT2D eigenvalue weighted by Crippen LogP contribution is -2.18. The van der Waals surface area contributed by atoms with Crippen molar-refractivity contribution in [3.8, 4) is 5.75 Å². The van der Waals surface area contributed by atoms with E-state index >= 15 is 0 Å². The van der Waals surface area contributed by atoms with Crippen molar-refractivity contribution in [3.05, 3.63) is 41.4 Å². The molecular weight excluding hydrogens is 261 g/mol. The van der Waals surface area contributed by atoms with Gasteiger partial charge in [-0.1, -0.05) is 19.1 Å². The molecule has 1 aromatic heterocycles. The molecule has 2 rings (SSSR count). The number of rotatable bonds is 6. The molecule has 20 heavy (non-hydrogen) atoms. The Kier molecular flexibility index (Phi) is 4.68. The first kappa shape index (κ1) is 14.5. The summed E-state index contributed by atoms with van der Waals surface area (Å²) < 4.78 is 24.6. The van der Waals surface area contributed by atoms with E-state index in [1.54, 1.807) is 12.1 Å². The third-order valence-corrected chi connectivity index (χ3v) is 2.74. The number of aromatic nitrogens is 2. The molecule has 2 aromatic rings.